The summed E-state index contributed by atoms with van der Waals surface area (Å²) in [5.74, 6) is 0. The van der Waals surface area contributed by atoms with Crippen LogP contribution < -0.4 is 0 Å². The van der Waals surface area contributed by atoms with Gasteiger partial charge in [-0.15, -0.1) is 0 Å². The van der Waals surface area contributed by atoms with Crippen molar-refractivity contribution in [2.24, 2.45) is 0 Å². The van der Waals surface area contributed by atoms with Gasteiger partial charge in [-0.3, -0.25) is 0 Å². The van der Waals surface area contributed by atoms with Crippen molar-refractivity contribution in [3.8, 4) is 0 Å². The quantitative estimate of drug-likeness (QED) is 0.592. The van der Waals surface area contributed by atoms with Gasteiger partial charge < -0.3 is 17.7 Å². The lowest BCUT2D eigenvalue weighted by Gasteiger charge is -2.26. The minimum atomic E-state index is -2.80. The van der Waals surface area contributed by atoms with Gasteiger partial charge in [0.2, 0.25) is 0 Å². The molecule has 0 spiro atoms. The Morgan fingerprint density at radius 3 is 1.00 bits per heavy atom. The number of rotatable bonds is 8. The maximum atomic E-state index is 5.42. The zero-order valence-corrected chi connectivity index (χ0v) is 9.96. The molecular weight excluding hydrogens is 200 g/mol. The van der Waals surface area contributed by atoms with Crippen LogP contribution in [0.3, 0.4) is 0 Å². The van der Waals surface area contributed by atoms with E-state index in [4.69, 9.17) is 17.7 Å². The van der Waals surface area contributed by atoms with Crippen LogP contribution in [0.5, 0.6) is 0 Å². The number of hydrogen-bond donors (Lipinski definition) is 0. The van der Waals surface area contributed by atoms with E-state index in [1.54, 1.807) is 0 Å². The van der Waals surface area contributed by atoms with Crippen LogP contribution in [0.1, 0.15) is 35.1 Å². The van der Waals surface area contributed by atoms with Crippen molar-refractivity contribution in [1.82, 2.24) is 0 Å². The Morgan fingerprint density at radius 2 is 0.857 bits per heavy atom. The lowest BCUT2D eigenvalue weighted by Crippen LogP contribution is -2.49. The highest BCUT2D eigenvalue weighted by Gasteiger charge is 2.44. The molecule has 0 aromatic carbocycles. The molecule has 0 aromatic rings. The summed E-state index contributed by atoms with van der Waals surface area (Å²) in [6.45, 7) is 9.80. The summed E-state index contributed by atoms with van der Waals surface area (Å²) in [7, 11) is -2.80. The minimum absolute atomic E-state index is 0. The van der Waals surface area contributed by atoms with E-state index in [0.29, 0.717) is 26.4 Å². The smallest absolute Gasteiger partial charge is 0.351 e. The third kappa shape index (κ3) is 5.72. The van der Waals surface area contributed by atoms with Crippen LogP contribution in [0.25, 0.3) is 0 Å². The van der Waals surface area contributed by atoms with Gasteiger partial charge in [0.15, 0.2) is 0 Å². The van der Waals surface area contributed by atoms with Crippen LogP contribution >= 0.6 is 0 Å². The van der Waals surface area contributed by atoms with Crippen LogP contribution in [-0.4, -0.2) is 35.5 Å². The molecule has 0 aliphatic heterocycles. The average Bonchev–Trinajstić information content (AvgIpc) is 2.06. The zero-order valence-electron chi connectivity index (χ0n) is 8.96. The van der Waals surface area contributed by atoms with Gasteiger partial charge in [0.1, 0.15) is 0 Å². The van der Waals surface area contributed by atoms with Crippen molar-refractivity contribution in [3.63, 3.8) is 0 Å². The number of hydrogen-bond acceptors (Lipinski definition) is 4. The van der Waals surface area contributed by atoms with Gasteiger partial charge in [-0.1, -0.05) is 7.43 Å². The van der Waals surface area contributed by atoms with E-state index in [-0.39, 0.29) is 7.43 Å². The zero-order chi connectivity index (χ0) is 10.2. The summed E-state index contributed by atoms with van der Waals surface area (Å²) in [6.07, 6.45) is 0. The Labute approximate surface area is 89.0 Å². The van der Waals surface area contributed by atoms with Crippen molar-refractivity contribution in [1.29, 1.82) is 0 Å². The predicted molar refractivity (Wildman–Crippen MR) is 59.0 cm³/mol. The van der Waals surface area contributed by atoms with E-state index >= 15 is 0 Å². The monoisotopic (exact) mass is 224 g/mol. The van der Waals surface area contributed by atoms with Gasteiger partial charge in [-0.25, -0.2) is 0 Å². The maximum Gasteiger partial charge on any atom is 0.679 e. The summed E-state index contributed by atoms with van der Waals surface area (Å²) in [6, 6.07) is 0. The summed E-state index contributed by atoms with van der Waals surface area (Å²) < 4.78 is 21.7. The third-order valence-electron chi connectivity index (χ3n) is 1.28. The second-order valence-electron chi connectivity index (χ2n) is 2.23. The van der Waals surface area contributed by atoms with Gasteiger partial charge >= 0.3 is 9.05 Å². The Kier molecular flexibility index (Phi) is 11.3. The fourth-order valence-corrected chi connectivity index (χ4v) is 2.87. The first-order valence-electron chi connectivity index (χ1n) is 4.80. The topological polar surface area (TPSA) is 36.9 Å². The first kappa shape index (κ1) is 16.5. The largest absolute Gasteiger partial charge is 0.679 e. The van der Waals surface area contributed by atoms with Crippen LogP contribution in [-0.2, 0) is 17.7 Å². The molecule has 4 nitrogen and oxygen atoms in total. The van der Waals surface area contributed by atoms with Gasteiger partial charge in [0.05, 0.1) is 0 Å². The molecule has 0 radical (unpaired) electrons. The molecular formula is C9H24O4Si. The molecule has 0 unspecified atom stereocenters. The minimum Gasteiger partial charge on any atom is -0.351 e. The maximum absolute atomic E-state index is 5.42. The molecule has 0 rings (SSSR count). The molecule has 88 valence electrons. The van der Waals surface area contributed by atoms with Gasteiger partial charge in [0, 0.05) is 26.4 Å². The second kappa shape index (κ2) is 9.61. The molecule has 0 heterocycles. The summed E-state index contributed by atoms with van der Waals surface area (Å²) in [4.78, 5) is 0. The van der Waals surface area contributed by atoms with Crippen LogP contribution in [0.2, 0.25) is 0 Å². The van der Waals surface area contributed by atoms with E-state index in [9.17, 15) is 0 Å². The molecule has 0 fully saturated rings. The summed E-state index contributed by atoms with van der Waals surface area (Å²) in [5.41, 5.74) is 0. The van der Waals surface area contributed by atoms with Gasteiger partial charge in [-0.2, -0.15) is 0 Å². The Morgan fingerprint density at radius 1 is 0.643 bits per heavy atom. The fraction of sp³-hybridized carbons (Fsp3) is 1.00. The molecule has 0 atom stereocenters. The van der Waals surface area contributed by atoms with Crippen LogP contribution in [0.4, 0.5) is 0 Å². The van der Waals surface area contributed by atoms with E-state index in [0.717, 1.165) is 0 Å². The van der Waals surface area contributed by atoms with Crippen molar-refractivity contribution in [2.45, 2.75) is 35.1 Å². The van der Waals surface area contributed by atoms with Crippen molar-refractivity contribution in [3.05, 3.63) is 0 Å². The first-order valence-corrected chi connectivity index (χ1v) is 6.43. The molecule has 0 aromatic heterocycles. The Balaban J connectivity index is 0. The highest BCUT2D eigenvalue weighted by Crippen LogP contribution is 2.11. The lowest BCUT2D eigenvalue weighted by atomic mass is 10.9. The van der Waals surface area contributed by atoms with Crippen LogP contribution in [0, 0.1) is 0 Å². The van der Waals surface area contributed by atoms with Crippen molar-refractivity contribution < 1.29 is 17.7 Å². The van der Waals surface area contributed by atoms with E-state index < -0.39 is 9.05 Å². The van der Waals surface area contributed by atoms with Gasteiger partial charge in [-0.05, 0) is 27.7 Å². The molecule has 5 heteroatoms. The molecule has 0 aliphatic carbocycles. The standard InChI is InChI=1S/C8H20O4Si.CH4/c1-5-9-13(10-6-2,11-7-3)12-8-4;/h5-8H2,1-4H3;1H4. The molecule has 0 aliphatic rings. The molecule has 0 N–H and O–H groups in total. The predicted octanol–water partition coefficient (Wildman–Crippen LogP) is 2.20. The van der Waals surface area contributed by atoms with Crippen LogP contribution in [0.15, 0.2) is 0 Å². The summed E-state index contributed by atoms with van der Waals surface area (Å²) >= 11 is 0. The summed E-state index contributed by atoms with van der Waals surface area (Å²) in [5, 5.41) is 0. The van der Waals surface area contributed by atoms with Gasteiger partial charge in [0.25, 0.3) is 0 Å². The van der Waals surface area contributed by atoms with Crippen molar-refractivity contribution in [2.75, 3.05) is 26.4 Å². The molecule has 0 saturated carbocycles. The van der Waals surface area contributed by atoms with E-state index in [2.05, 4.69) is 0 Å². The Hall–Kier alpha value is 0.0569. The lowest BCUT2D eigenvalue weighted by molar-refractivity contribution is -0.0247. The fourth-order valence-electron chi connectivity index (χ4n) is 0.957. The van der Waals surface area contributed by atoms with Crippen molar-refractivity contribution >= 4 is 9.05 Å². The van der Waals surface area contributed by atoms with E-state index in [1.165, 1.54) is 0 Å². The average molecular weight is 224 g/mol. The molecule has 14 heavy (non-hydrogen) atoms. The third-order valence-corrected chi connectivity index (χ3v) is 3.85. The SMILES string of the molecule is C.CCO[Si](OCC)(OCC)OCC. The van der Waals surface area contributed by atoms with E-state index in [1.807, 2.05) is 27.7 Å². The normalized spacial score (nSPS) is 11.1. The molecule has 0 saturated heterocycles. The highest BCUT2D eigenvalue weighted by molar-refractivity contribution is 6.53. The second-order valence-corrected chi connectivity index (χ2v) is 4.39. The molecule has 0 bridgehead atoms. The first-order chi connectivity index (χ1) is 6.24. The Bertz CT molecular complexity index is 91.9. The highest BCUT2D eigenvalue weighted by atomic mass is 28.4. The molecule has 0 amide bonds.